The topological polar surface area (TPSA) is 114 Å². The molecule has 1 atom stereocenters. The summed E-state index contributed by atoms with van der Waals surface area (Å²) >= 11 is 0. The highest BCUT2D eigenvalue weighted by Crippen LogP contribution is 2.30. The van der Waals surface area contributed by atoms with Crippen LogP contribution in [0, 0.1) is 0 Å². The molecule has 2 N–H and O–H groups in total. The van der Waals surface area contributed by atoms with Gasteiger partial charge in [0.05, 0.1) is 31.0 Å². The SMILES string of the molecule is CCOc1ccccc1OC1CCCN(c2cncc(NC(=O)CCc3ccc(C(C)(C)C(=O)O)cc3)n2)C1. The number of anilines is 2. The number of hydrogen-bond donors (Lipinski definition) is 2. The second kappa shape index (κ2) is 12.6. The standard InChI is InChI=1S/C30H36N4O5/c1-4-38-24-9-5-6-10-25(24)39-23-8-7-17-34(20-23)27-19-31-18-26(32-27)33-28(35)16-13-21-11-14-22(15-12-21)30(2,3)29(36)37/h5-6,9-12,14-15,18-19,23H,4,7-8,13,16-17,20H2,1-3H3,(H,36,37)(H,32,33,35). The summed E-state index contributed by atoms with van der Waals surface area (Å²) < 4.78 is 12.0. The Balaban J connectivity index is 1.32. The van der Waals surface area contributed by atoms with Gasteiger partial charge in [-0.1, -0.05) is 36.4 Å². The minimum Gasteiger partial charge on any atom is -0.490 e. The van der Waals surface area contributed by atoms with E-state index < -0.39 is 11.4 Å². The molecule has 9 heteroatoms. The van der Waals surface area contributed by atoms with Gasteiger partial charge in [0.2, 0.25) is 5.91 Å². The van der Waals surface area contributed by atoms with Crippen molar-refractivity contribution in [3.8, 4) is 11.5 Å². The van der Waals surface area contributed by atoms with Crippen LogP contribution in [-0.4, -0.2) is 52.8 Å². The van der Waals surface area contributed by atoms with Gasteiger partial charge in [-0.15, -0.1) is 0 Å². The van der Waals surface area contributed by atoms with Crippen molar-refractivity contribution in [2.45, 2.75) is 58.0 Å². The number of hydrogen-bond acceptors (Lipinski definition) is 7. The number of aryl methyl sites for hydroxylation is 1. The molecule has 1 aromatic heterocycles. The van der Waals surface area contributed by atoms with E-state index in [1.54, 1.807) is 38.4 Å². The Morgan fingerprint density at radius 1 is 1.10 bits per heavy atom. The monoisotopic (exact) mass is 532 g/mol. The first-order chi connectivity index (χ1) is 18.8. The number of piperidine rings is 1. The Morgan fingerprint density at radius 3 is 2.56 bits per heavy atom. The first-order valence-corrected chi connectivity index (χ1v) is 13.3. The van der Waals surface area contributed by atoms with Crippen LogP contribution in [0.4, 0.5) is 11.6 Å². The molecule has 206 valence electrons. The maximum absolute atomic E-state index is 12.6. The zero-order valence-electron chi connectivity index (χ0n) is 22.7. The van der Waals surface area contributed by atoms with Gasteiger partial charge in [0.15, 0.2) is 17.3 Å². The van der Waals surface area contributed by atoms with E-state index in [-0.39, 0.29) is 18.4 Å². The first kappa shape index (κ1) is 27.9. The molecule has 1 aliphatic rings. The molecule has 1 aliphatic heterocycles. The van der Waals surface area contributed by atoms with E-state index in [1.807, 2.05) is 43.3 Å². The molecular formula is C30H36N4O5. The van der Waals surface area contributed by atoms with Gasteiger partial charge in [0.25, 0.3) is 0 Å². The molecule has 9 nitrogen and oxygen atoms in total. The third-order valence-corrected chi connectivity index (χ3v) is 6.89. The Hall–Kier alpha value is -4.14. The number of carbonyl (C=O) groups is 2. The number of para-hydroxylation sites is 2. The van der Waals surface area contributed by atoms with E-state index in [0.29, 0.717) is 31.2 Å². The van der Waals surface area contributed by atoms with Crippen molar-refractivity contribution in [3.05, 3.63) is 72.1 Å². The van der Waals surface area contributed by atoms with Crippen LogP contribution in [-0.2, 0) is 21.4 Å². The Labute approximate surface area is 229 Å². The van der Waals surface area contributed by atoms with Gasteiger partial charge >= 0.3 is 5.97 Å². The summed E-state index contributed by atoms with van der Waals surface area (Å²) in [7, 11) is 0. The van der Waals surface area contributed by atoms with Crippen LogP contribution in [0.1, 0.15) is 51.2 Å². The van der Waals surface area contributed by atoms with Crippen molar-refractivity contribution < 1.29 is 24.2 Å². The van der Waals surface area contributed by atoms with E-state index in [2.05, 4.69) is 20.2 Å². The lowest BCUT2D eigenvalue weighted by molar-refractivity contribution is -0.142. The fourth-order valence-electron chi connectivity index (χ4n) is 4.49. The predicted molar refractivity (Wildman–Crippen MR) is 150 cm³/mol. The fourth-order valence-corrected chi connectivity index (χ4v) is 4.49. The fraction of sp³-hybridized carbons (Fsp3) is 0.400. The summed E-state index contributed by atoms with van der Waals surface area (Å²) in [6.07, 6.45) is 5.89. The quantitative estimate of drug-likeness (QED) is 0.360. The number of rotatable bonds is 11. The van der Waals surface area contributed by atoms with Crippen molar-refractivity contribution in [2.24, 2.45) is 0 Å². The van der Waals surface area contributed by atoms with E-state index >= 15 is 0 Å². The highest BCUT2D eigenvalue weighted by molar-refractivity contribution is 5.89. The number of aromatic nitrogens is 2. The maximum Gasteiger partial charge on any atom is 0.313 e. The van der Waals surface area contributed by atoms with Gasteiger partial charge in [-0.3, -0.25) is 14.6 Å². The lowest BCUT2D eigenvalue weighted by Gasteiger charge is -2.33. The van der Waals surface area contributed by atoms with Crippen molar-refractivity contribution in [2.75, 3.05) is 29.9 Å². The van der Waals surface area contributed by atoms with Gasteiger partial charge in [-0.2, -0.15) is 0 Å². The summed E-state index contributed by atoms with van der Waals surface area (Å²) in [6.45, 7) is 7.35. The van der Waals surface area contributed by atoms with Crippen molar-refractivity contribution in [1.82, 2.24) is 9.97 Å². The average Bonchev–Trinajstić information content (AvgIpc) is 2.93. The largest absolute Gasteiger partial charge is 0.490 e. The molecule has 1 saturated heterocycles. The zero-order chi connectivity index (χ0) is 27.8. The number of nitrogens with one attached hydrogen (secondary N) is 1. The number of carboxylic acids is 1. The van der Waals surface area contributed by atoms with Gasteiger partial charge in [-0.05, 0) is 63.3 Å². The van der Waals surface area contributed by atoms with Crippen LogP contribution in [0.15, 0.2) is 60.9 Å². The second-order valence-electron chi connectivity index (χ2n) is 10.1. The molecule has 4 rings (SSSR count). The molecule has 2 aromatic carbocycles. The molecule has 0 radical (unpaired) electrons. The van der Waals surface area contributed by atoms with Crippen molar-refractivity contribution in [3.63, 3.8) is 0 Å². The summed E-state index contributed by atoms with van der Waals surface area (Å²) in [5, 5.41) is 12.3. The number of aliphatic carboxylic acids is 1. The third-order valence-electron chi connectivity index (χ3n) is 6.89. The van der Waals surface area contributed by atoms with Crippen molar-refractivity contribution in [1.29, 1.82) is 0 Å². The van der Waals surface area contributed by atoms with E-state index in [9.17, 15) is 14.7 Å². The molecule has 1 fully saturated rings. The zero-order valence-corrected chi connectivity index (χ0v) is 22.7. The number of nitrogens with zero attached hydrogens (tertiary/aromatic N) is 3. The highest BCUT2D eigenvalue weighted by atomic mass is 16.5. The van der Waals surface area contributed by atoms with E-state index in [4.69, 9.17) is 9.47 Å². The summed E-state index contributed by atoms with van der Waals surface area (Å²) in [5.41, 5.74) is 0.716. The Morgan fingerprint density at radius 2 is 1.85 bits per heavy atom. The smallest absolute Gasteiger partial charge is 0.313 e. The van der Waals surface area contributed by atoms with Crippen LogP contribution < -0.4 is 19.7 Å². The predicted octanol–water partition coefficient (Wildman–Crippen LogP) is 4.86. The summed E-state index contributed by atoms with van der Waals surface area (Å²) in [5.74, 6) is 1.53. The summed E-state index contributed by atoms with van der Waals surface area (Å²) in [6, 6.07) is 15.1. The normalized spacial score (nSPS) is 15.5. The van der Waals surface area contributed by atoms with Gasteiger partial charge in [-0.25, -0.2) is 4.98 Å². The number of carboxylic acid groups (broad SMARTS) is 1. The highest BCUT2D eigenvalue weighted by Gasteiger charge is 2.29. The molecule has 0 saturated carbocycles. The third kappa shape index (κ3) is 7.25. The van der Waals surface area contributed by atoms with Crippen LogP contribution in [0.5, 0.6) is 11.5 Å². The molecule has 2 heterocycles. The molecule has 1 unspecified atom stereocenters. The minimum atomic E-state index is -0.964. The molecule has 0 spiro atoms. The van der Waals surface area contributed by atoms with E-state index in [1.165, 1.54) is 0 Å². The molecular weight excluding hydrogens is 496 g/mol. The first-order valence-electron chi connectivity index (χ1n) is 13.3. The van der Waals surface area contributed by atoms with Crippen molar-refractivity contribution >= 4 is 23.5 Å². The second-order valence-corrected chi connectivity index (χ2v) is 10.1. The molecule has 39 heavy (non-hydrogen) atoms. The van der Waals surface area contributed by atoms with Gasteiger partial charge in [0.1, 0.15) is 11.9 Å². The van der Waals surface area contributed by atoms with Crippen LogP contribution >= 0.6 is 0 Å². The molecule has 1 amide bonds. The Kier molecular flexibility index (Phi) is 9.01. The molecule has 0 bridgehead atoms. The van der Waals surface area contributed by atoms with Crippen LogP contribution in [0.3, 0.4) is 0 Å². The van der Waals surface area contributed by atoms with Crippen LogP contribution in [0.25, 0.3) is 0 Å². The minimum absolute atomic E-state index is 0.0205. The number of amides is 1. The number of carbonyl (C=O) groups excluding carboxylic acids is 1. The number of ether oxygens (including phenoxy) is 2. The maximum atomic E-state index is 12.6. The molecule has 0 aliphatic carbocycles. The lowest BCUT2D eigenvalue weighted by Crippen LogP contribution is -2.41. The van der Waals surface area contributed by atoms with Gasteiger partial charge < -0.3 is 24.8 Å². The average molecular weight is 533 g/mol. The lowest BCUT2D eigenvalue weighted by atomic mass is 9.84. The van der Waals surface area contributed by atoms with Crippen LogP contribution in [0.2, 0.25) is 0 Å². The Bertz CT molecular complexity index is 1280. The van der Waals surface area contributed by atoms with Gasteiger partial charge in [0, 0.05) is 13.0 Å². The molecule has 3 aromatic rings. The number of benzene rings is 2. The van der Waals surface area contributed by atoms with E-state index in [0.717, 1.165) is 42.0 Å². The summed E-state index contributed by atoms with van der Waals surface area (Å²) in [4.78, 5) is 35.1.